The van der Waals surface area contributed by atoms with Crippen LogP contribution in [0.3, 0.4) is 0 Å². The zero-order valence-electron chi connectivity index (χ0n) is 10.9. The van der Waals surface area contributed by atoms with Gasteiger partial charge >= 0.3 is 5.97 Å². The summed E-state index contributed by atoms with van der Waals surface area (Å²) >= 11 is 0. The number of carbonyl (C=O) groups is 1. The standard InChI is InChI=1S/C15H21NO2/c1-2-18-15(17)14(16)10-12-8-5-7-11-6-3-4-9-13(11)12/h5,7-8,14H,2-4,6,9-10,16H2,1H3. The highest BCUT2D eigenvalue weighted by Gasteiger charge is 2.19. The van der Waals surface area contributed by atoms with Crippen LogP contribution in [-0.2, 0) is 28.8 Å². The number of hydrogen-bond acceptors (Lipinski definition) is 3. The molecular weight excluding hydrogens is 226 g/mol. The van der Waals surface area contributed by atoms with Crippen molar-refractivity contribution in [3.63, 3.8) is 0 Å². The fourth-order valence-corrected chi connectivity index (χ4v) is 2.62. The third kappa shape index (κ3) is 2.91. The van der Waals surface area contributed by atoms with Gasteiger partial charge in [-0.25, -0.2) is 0 Å². The molecule has 0 amide bonds. The molecule has 1 atom stereocenters. The summed E-state index contributed by atoms with van der Waals surface area (Å²) < 4.78 is 4.96. The molecule has 0 saturated heterocycles. The topological polar surface area (TPSA) is 52.3 Å². The number of fused-ring (bicyclic) bond motifs is 1. The molecule has 0 radical (unpaired) electrons. The van der Waals surface area contributed by atoms with Crippen molar-refractivity contribution in [3.05, 3.63) is 34.9 Å². The van der Waals surface area contributed by atoms with Gasteiger partial charge in [0.15, 0.2) is 0 Å². The Balaban J connectivity index is 2.11. The molecule has 0 bridgehead atoms. The van der Waals surface area contributed by atoms with Gasteiger partial charge in [-0.15, -0.1) is 0 Å². The number of carbonyl (C=O) groups excluding carboxylic acids is 1. The van der Waals surface area contributed by atoms with Crippen LogP contribution in [0.2, 0.25) is 0 Å². The summed E-state index contributed by atoms with van der Waals surface area (Å²) in [5.74, 6) is -0.300. The van der Waals surface area contributed by atoms with E-state index in [4.69, 9.17) is 10.5 Å². The maximum Gasteiger partial charge on any atom is 0.323 e. The van der Waals surface area contributed by atoms with Crippen molar-refractivity contribution in [1.82, 2.24) is 0 Å². The van der Waals surface area contributed by atoms with Crippen LogP contribution in [0.25, 0.3) is 0 Å². The minimum atomic E-state index is -0.543. The van der Waals surface area contributed by atoms with E-state index in [-0.39, 0.29) is 5.97 Å². The van der Waals surface area contributed by atoms with E-state index in [1.165, 1.54) is 29.5 Å². The average Bonchev–Trinajstić information content (AvgIpc) is 2.39. The summed E-state index contributed by atoms with van der Waals surface area (Å²) in [6.07, 6.45) is 5.35. The zero-order chi connectivity index (χ0) is 13.0. The van der Waals surface area contributed by atoms with Gasteiger partial charge in [0.2, 0.25) is 0 Å². The largest absolute Gasteiger partial charge is 0.465 e. The first-order valence-electron chi connectivity index (χ1n) is 6.74. The van der Waals surface area contributed by atoms with Crippen LogP contribution in [0.4, 0.5) is 0 Å². The first-order chi connectivity index (χ1) is 8.72. The smallest absolute Gasteiger partial charge is 0.323 e. The molecule has 0 fully saturated rings. The number of ether oxygens (including phenoxy) is 1. The molecule has 1 aromatic carbocycles. The molecule has 0 aliphatic heterocycles. The minimum absolute atomic E-state index is 0.300. The van der Waals surface area contributed by atoms with Gasteiger partial charge in [-0.2, -0.15) is 0 Å². The van der Waals surface area contributed by atoms with Gasteiger partial charge < -0.3 is 10.5 Å². The fraction of sp³-hybridized carbons (Fsp3) is 0.533. The lowest BCUT2D eigenvalue weighted by Gasteiger charge is -2.20. The Morgan fingerprint density at radius 2 is 2.17 bits per heavy atom. The van der Waals surface area contributed by atoms with Gasteiger partial charge in [0.25, 0.3) is 0 Å². The minimum Gasteiger partial charge on any atom is -0.465 e. The van der Waals surface area contributed by atoms with Crippen LogP contribution in [0, 0.1) is 0 Å². The quantitative estimate of drug-likeness (QED) is 0.828. The van der Waals surface area contributed by atoms with E-state index in [9.17, 15) is 4.79 Å². The normalized spacial score (nSPS) is 15.9. The summed E-state index contributed by atoms with van der Waals surface area (Å²) in [5.41, 5.74) is 9.94. The Morgan fingerprint density at radius 3 is 2.94 bits per heavy atom. The second-order valence-corrected chi connectivity index (χ2v) is 4.82. The maximum absolute atomic E-state index is 11.6. The molecule has 0 aromatic heterocycles. The Hall–Kier alpha value is -1.35. The predicted octanol–water partition coefficient (Wildman–Crippen LogP) is 2.00. The summed E-state index contributed by atoms with van der Waals surface area (Å²) in [4.78, 5) is 11.6. The van der Waals surface area contributed by atoms with Crippen LogP contribution < -0.4 is 5.73 Å². The molecule has 2 N–H and O–H groups in total. The number of hydrogen-bond donors (Lipinski definition) is 1. The van der Waals surface area contributed by atoms with Gasteiger partial charge in [0, 0.05) is 0 Å². The van der Waals surface area contributed by atoms with E-state index in [0.717, 1.165) is 12.8 Å². The van der Waals surface area contributed by atoms with Gasteiger partial charge in [-0.3, -0.25) is 4.79 Å². The summed E-state index contributed by atoms with van der Waals surface area (Å²) in [5, 5.41) is 0. The van der Waals surface area contributed by atoms with Crippen molar-refractivity contribution in [1.29, 1.82) is 0 Å². The first-order valence-corrected chi connectivity index (χ1v) is 6.74. The number of benzene rings is 1. The lowest BCUT2D eigenvalue weighted by molar-refractivity contribution is -0.144. The lowest BCUT2D eigenvalue weighted by atomic mass is 9.86. The molecular formula is C15H21NO2. The SMILES string of the molecule is CCOC(=O)C(N)Cc1cccc2c1CCCC2. The Bertz CT molecular complexity index is 429. The van der Waals surface area contributed by atoms with E-state index in [0.29, 0.717) is 13.0 Å². The lowest BCUT2D eigenvalue weighted by Crippen LogP contribution is -2.34. The summed E-state index contributed by atoms with van der Waals surface area (Å²) in [6.45, 7) is 2.19. The van der Waals surface area contributed by atoms with Crippen LogP contribution in [-0.4, -0.2) is 18.6 Å². The highest BCUT2D eigenvalue weighted by atomic mass is 16.5. The van der Waals surface area contributed by atoms with Crippen LogP contribution in [0.1, 0.15) is 36.5 Å². The first kappa shape index (κ1) is 13.1. The second kappa shape index (κ2) is 6.01. The van der Waals surface area contributed by atoms with E-state index < -0.39 is 6.04 Å². The number of nitrogens with two attached hydrogens (primary N) is 1. The molecule has 0 spiro atoms. The Kier molecular flexibility index (Phi) is 4.37. The highest BCUT2D eigenvalue weighted by molar-refractivity contribution is 5.76. The van der Waals surface area contributed by atoms with Crippen molar-refractivity contribution >= 4 is 5.97 Å². The summed E-state index contributed by atoms with van der Waals surface area (Å²) in [7, 11) is 0. The van der Waals surface area contributed by atoms with Crippen molar-refractivity contribution in [2.24, 2.45) is 5.73 Å². The molecule has 2 rings (SSSR count). The Labute approximate surface area is 108 Å². The molecule has 0 saturated carbocycles. The molecule has 1 aromatic rings. The van der Waals surface area contributed by atoms with Gasteiger partial charge in [-0.1, -0.05) is 18.2 Å². The van der Waals surface area contributed by atoms with Crippen molar-refractivity contribution < 1.29 is 9.53 Å². The molecule has 1 unspecified atom stereocenters. The third-order valence-corrected chi connectivity index (χ3v) is 3.52. The second-order valence-electron chi connectivity index (χ2n) is 4.82. The van der Waals surface area contributed by atoms with E-state index in [1.54, 1.807) is 6.92 Å². The zero-order valence-corrected chi connectivity index (χ0v) is 10.9. The maximum atomic E-state index is 11.6. The van der Waals surface area contributed by atoms with E-state index in [2.05, 4.69) is 18.2 Å². The molecule has 3 nitrogen and oxygen atoms in total. The summed E-state index contributed by atoms with van der Waals surface area (Å²) in [6, 6.07) is 5.80. The van der Waals surface area contributed by atoms with Crippen LogP contribution in [0.5, 0.6) is 0 Å². The number of esters is 1. The molecule has 18 heavy (non-hydrogen) atoms. The van der Waals surface area contributed by atoms with E-state index >= 15 is 0 Å². The molecule has 1 aliphatic rings. The fourth-order valence-electron chi connectivity index (χ4n) is 2.62. The average molecular weight is 247 g/mol. The van der Waals surface area contributed by atoms with Crippen molar-refractivity contribution in [2.75, 3.05) is 6.61 Å². The number of aryl methyl sites for hydroxylation is 1. The van der Waals surface area contributed by atoms with Gasteiger partial charge in [0.1, 0.15) is 6.04 Å². The highest BCUT2D eigenvalue weighted by Crippen LogP contribution is 2.25. The molecule has 1 aliphatic carbocycles. The predicted molar refractivity (Wildman–Crippen MR) is 71.4 cm³/mol. The third-order valence-electron chi connectivity index (χ3n) is 3.52. The van der Waals surface area contributed by atoms with Crippen LogP contribution in [0.15, 0.2) is 18.2 Å². The monoisotopic (exact) mass is 247 g/mol. The molecule has 98 valence electrons. The molecule has 3 heteroatoms. The Morgan fingerprint density at radius 1 is 1.39 bits per heavy atom. The molecule has 0 heterocycles. The van der Waals surface area contributed by atoms with Gasteiger partial charge in [0.05, 0.1) is 6.61 Å². The van der Waals surface area contributed by atoms with Gasteiger partial charge in [-0.05, 0) is 55.7 Å². The van der Waals surface area contributed by atoms with Crippen LogP contribution >= 0.6 is 0 Å². The number of rotatable bonds is 4. The van der Waals surface area contributed by atoms with Crippen molar-refractivity contribution in [3.8, 4) is 0 Å². The van der Waals surface area contributed by atoms with Crippen molar-refractivity contribution in [2.45, 2.75) is 45.1 Å². The van der Waals surface area contributed by atoms with E-state index in [1.807, 2.05) is 0 Å².